The standard InChI is InChI=1S/C30H40N4O5S/c1-6-8-10-22(7-2)29(36)34(17-15-21-13-14-25(38-4)26(19-21)39-5)18-16-27(35)31-30-33-32-28(40-30)23-11-9-12-24(20-23)37-3/h9,11-14,19-20,22H,6-8,10,15-18H2,1-5H3,(H,31,33,35)/t22-/m0/s1. The van der Waals surface area contributed by atoms with E-state index in [9.17, 15) is 9.59 Å². The molecule has 0 aliphatic heterocycles. The van der Waals surface area contributed by atoms with Crippen LogP contribution in [0.5, 0.6) is 17.2 Å². The number of unbranched alkanes of at least 4 members (excludes halogenated alkanes) is 1. The van der Waals surface area contributed by atoms with Crippen LogP contribution < -0.4 is 19.5 Å². The molecule has 3 rings (SSSR count). The molecule has 0 radical (unpaired) electrons. The van der Waals surface area contributed by atoms with E-state index in [-0.39, 0.29) is 24.2 Å². The third-order valence-electron chi connectivity index (χ3n) is 6.78. The molecule has 0 unspecified atom stereocenters. The summed E-state index contributed by atoms with van der Waals surface area (Å²) in [6.07, 6.45) is 4.46. The Balaban J connectivity index is 1.66. The van der Waals surface area contributed by atoms with Gasteiger partial charge in [0.2, 0.25) is 16.9 Å². The molecule has 2 aromatic carbocycles. The fourth-order valence-electron chi connectivity index (χ4n) is 4.41. The predicted octanol–water partition coefficient (Wildman–Crippen LogP) is 5.85. The lowest BCUT2D eigenvalue weighted by atomic mass is 9.97. The van der Waals surface area contributed by atoms with E-state index in [0.717, 1.165) is 42.6 Å². The summed E-state index contributed by atoms with van der Waals surface area (Å²) in [5.41, 5.74) is 1.89. The number of nitrogens with zero attached hydrogens (tertiary/aromatic N) is 3. The molecule has 0 saturated carbocycles. The van der Waals surface area contributed by atoms with E-state index in [1.54, 1.807) is 21.3 Å². The topological polar surface area (TPSA) is 103 Å². The second-order valence-electron chi connectivity index (χ2n) is 9.45. The maximum absolute atomic E-state index is 13.5. The number of hydrogen-bond acceptors (Lipinski definition) is 8. The number of ether oxygens (including phenoxy) is 3. The van der Waals surface area contributed by atoms with Gasteiger partial charge in [0.1, 0.15) is 10.8 Å². The number of aromatic nitrogens is 2. The first-order chi connectivity index (χ1) is 19.4. The first-order valence-electron chi connectivity index (χ1n) is 13.7. The van der Waals surface area contributed by atoms with Gasteiger partial charge in [-0.1, -0.05) is 56.2 Å². The van der Waals surface area contributed by atoms with Crippen molar-refractivity contribution in [2.45, 2.75) is 52.4 Å². The van der Waals surface area contributed by atoms with Crippen molar-refractivity contribution < 1.29 is 23.8 Å². The maximum Gasteiger partial charge on any atom is 0.227 e. The molecule has 0 fully saturated rings. The van der Waals surface area contributed by atoms with Crippen molar-refractivity contribution in [3.63, 3.8) is 0 Å². The molecule has 3 aromatic rings. The second-order valence-corrected chi connectivity index (χ2v) is 10.4. The first kappa shape index (κ1) is 30.9. The van der Waals surface area contributed by atoms with E-state index in [1.165, 1.54) is 11.3 Å². The molecule has 10 heteroatoms. The van der Waals surface area contributed by atoms with Gasteiger partial charge < -0.3 is 24.4 Å². The molecule has 1 atom stereocenters. The fourth-order valence-corrected chi connectivity index (χ4v) is 5.16. The summed E-state index contributed by atoms with van der Waals surface area (Å²) < 4.78 is 16.1. The summed E-state index contributed by atoms with van der Waals surface area (Å²) >= 11 is 1.29. The Bertz CT molecular complexity index is 1250. The summed E-state index contributed by atoms with van der Waals surface area (Å²) in [6, 6.07) is 13.3. The van der Waals surface area contributed by atoms with Crippen molar-refractivity contribution in [3.05, 3.63) is 48.0 Å². The largest absolute Gasteiger partial charge is 0.497 e. The third kappa shape index (κ3) is 8.67. The monoisotopic (exact) mass is 568 g/mol. The van der Waals surface area contributed by atoms with E-state index in [0.29, 0.717) is 41.1 Å². The molecule has 1 heterocycles. The number of carbonyl (C=O) groups is 2. The normalized spacial score (nSPS) is 11.5. The van der Waals surface area contributed by atoms with E-state index in [1.807, 2.05) is 54.3 Å². The zero-order chi connectivity index (χ0) is 28.9. The van der Waals surface area contributed by atoms with Crippen molar-refractivity contribution in [1.29, 1.82) is 0 Å². The van der Waals surface area contributed by atoms with Gasteiger partial charge in [-0.25, -0.2) is 0 Å². The van der Waals surface area contributed by atoms with Crippen LogP contribution in [0.4, 0.5) is 5.13 Å². The minimum atomic E-state index is -0.209. The molecule has 9 nitrogen and oxygen atoms in total. The maximum atomic E-state index is 13.5. The van der Waals surface area contributed by atoms with Gasteiger partial charge in [-0.15, -0.1) is 10.2 Å². The molecule has 2 amide bonds. The molecule has 0 bridgehead atoms. The number of anilines is 1. The van der Waals surface area contributed by atoms with Gasteiger partial charge in [0, 0.05) is 31.0 Å². The SMILES string of the molecule is CCCC[C@H](CC)C(=O)N(CCC(=O)Nc1nnc(-c2cccc(OC)c2)s1)CCc1ccc(OC)c(OC)c1. The molecule has 0 saturated heterocycles. The number of rotatable bonds is 16. The Morgan fingerprint density at radius 3 is 2.48 bits per heavy atom. The van der Waals surface area contributed by atoms with Crippen LogP contribution >= 0.6 is 11.3 Å². The van der Waals surface area contributed by atoms with Gasteiger partial charge in [0.05, 0.1) is 21.3 Å². The fraction of sp³-hybridized carbons (Fsp3) is 0.467. The van der Waals surface area contributed by atoms with Crippen LogP contribution in [0.15, 0.2) is 42.5 Å². The highest BCUT2D eigenvalue weighted by Crippen LogP contribution is 2.29. The Kier molecular flexibility index (Phi) is 12.2. The molecular weight excluding hydrogens is 528 g/mol. The Labute approximate surface area is 240 Å². The number of methoxy groups -OCH3 is 3. The molecule has 0 aliphatic carbocycles. The lowest BCUT2D eigenvalue weighted by Crippen LogP contribution is -2.39. The number of benzene rings is 2. The van der Waals surface area contributed by atoms with Crippen LogP contribution in [-0.2, 0) is 16.0 Å². The van der Waals surface area contributed by atoms with Gasteiger partial charge in [-0.2, -0.15) is 0 Å². The van der Waals surface area contributed by atoms with Crippen LogP contribution in [0.2, 0.25) is 0 Å². The van der Waals surface area contributed by atoms with Crippen molar-refractivity contribution in [3.8, 4) is 27.8 Å². The number of nitrogens with one attached hydrogen (secondary N) is 1. The summed E-state index contributed by atoms with van der Waals surface area (Å²) in [4.78, 5) is 28.2. The summed E-state index contributed by atoms with van der Waals surface area (Å²) in [7, 11) is 4.82. The molecule has 216 valence electrons. The molecule has 1 aromatic heterocycles. The average Bonchev–Trinajstić information content (AvgIpc) is 3.45. The number of hydrogen-bond donors (Lipinski definition) is 1. The highest BCUT2D eigenvalue weighted by Gasteiger charge is 2.23. The van der Waals surface area contributed by atoms with Gasteiger partial charge in [-0.05, 0) is 49.1 Å². The number of amides is 2. The minimum absolute atomic E-state index is 0.0537. The van der Waals surface area contributed by atoms with E-state index < -0.39 is 0 Å². The van der Waals surface area contributed by atoms with Crippen LogP contribution in [0, 0.1) is 5.92 Å². The van der Waals surface area contributed by atoms with Gasteiger partial charge in [0.15, 0.2) is 11.5 Å². The zero-order valence-corrected chi connectivity index (χ0v) is 24.9. The number of carbonyl (C=O) groups excluding carboxylic acids is 2. The van der Waals surface area contributed by atoms with Crippen molar-refractivity contribution in [2.75, 3.05) is 39.7 Å². The zero-order valence-electron chi connectivity index (χ0n) is 24.1. The average molecular weight is 569 g/mol. The highest BCUT2D eigenvalue weighted by atomic mass is 32.1. The Hall–Kier alpha value is -3.66. The lowest BCUT2D eigenvalue weighted by molar-refractivity contribution is -0.136. The van der Waals surface area contributed by atoms with E-state index in [2.05, 4.69) is 22.4 Å². The van der Waals surface area contributed by atoms with Gasteiger partial charge in [-0.3, -0.25) is 9.59 Å². The van der Waals surface area contributed by atoms with E-state index >= 15 is 0 Å². The van der Waals surface area contributed by atoms with E-state index in [4.69, 9.17) is 14.2 Å². The molecular formula is C30H40N4O5S. The molecule has 0 aliphatic rings. The van der Waals surface area contributed by atoms with Crippen LogP contribution in [0.3, 0.4) is 0 Å². The summed E-state index contributed by atoms with van der Waals surface area (Å²) in [6.45, 7) is 5.00. The summed E-state index contributed by atoms with van der Waals surface area (Å²) in [5.74, 6) is 1.87. The van der Waals surface area contributed by atoms with Gasteiger partial charge >= 0.3 is 0 Å². The smallest absolute Gasteiger partial charge is 0.227 e. The Morgan fingerprint density at radius 1 is 0.975 bits per heavy atom. The predicted molar refractivity (Wildman–Crippen MR) is 158 cm³/mol. The molecule has 1 N–H and O–H groups in total. The van der Waals surface area contributed by atoms with Crippen LogP contribution in [0.1, 0.15) is 51.5 Å². The van der Waals surface area contributed by atoms with Crippen LogP contribution in [0.25, 0.3) is 10.6 Å². The third-order valence-corrected chi connectivity index (χ3v) is 7.66. The molecule has 0 spiro atoms. The van der Waals surface area contributed by atoms with Crippen molar-refractivity contribution >= 4 is 28.3 Å². The summed E-state index contributed by atoms with van der Waals surface area (Å²) in [5, 5.41) is 12.3. The minimum Gasteiger partial charge on any atom is -0.497 e. The lowest BCUT2D eigenvalue weighted by Gasteiger charge is -2.27. The first-order valence-corrected chi connectivity index (χ1v) is 14.5. The van der Waals surface area contributed by atoms with Crippen LogP contribution in [-0.4, -0.2) is 61.3 Å². The van der Waals surface area contributed by atoms with Gasteiger partial charge in [0.25, 0.3) is 0 Å². The quantitative estimate of drug-likeness (QED) is 0.231. The highest BCUT2D eigenvalue weighted by molar-refractivity contribution is 7.18. The Morgan fingerprint density at radius 2 is 1.77 bits per heavy atom. The van der Waals surface area contributed by atoms with Crippen molar-refractivity contribution in [1.82, 2.24) is 15.1 Å². The molecule has 40 heavy (non-hydrogen) atoms. The second kappa shape index (κ2) is 15.8. The van der Waals surface area contributed by atoms with Crippen molar-refractivity contribution in [2.24, 2.45) is 5.92 Å².